The largest absolute Gasteiger partial charge is 0.395 e. The van der Waals surface area contributed by atoms with Crippen LogP contribution < -0.4 is 16.0 Å². The van der Waals surface area contributed by atoms with E-state index in [1.807, 2.05) is 52.3 Å². The number of anilines is 2. The highest BCUT2D eigenvalue weighted by atomic mass is 16.3. The minimum absolute atomic E-state index is 0.0210. The van der Waals surface area contributed by atoms with Crippen LogP contribution in [0.2, 0.25) is 0 Å². The topological polar surface area (TPSA) is 125 Å². The molecule has 1 aliphatic carbocycles. The summed E-state index contributed by atoms with van der Waals surface area (Å²) in [6.07, 6.45) is 6.36. The molecule has 7 N–H and O–H groups in total. The molecule has 1 atom stereocenters. The number of allylic oxidation sites excluding steroid dienone is 1. The Kier molecular flexibility index (Phi) is 8.75. The van der Waals surface area contributed by atoms with Gasteiger partial charge in [-0.25, -0.2) is 0 Å². The van der Waals surface area contributed by atoms with Gasteiger partial charge in [-0.1, -0.05) is 6.08 Å². The van der Waals surface area contributed by atoms with Crippen molar-refractivity contribution in [3.63, 3.8) is 0 Å². The van der Waals surface area contributed by atoms with Crippen LogP contribution in [0.1, 0.15) is 6.42 Å². The number of benzene rings is 1. The van der Waals surface area contributed by atoms with Gasteiger partial charge in [-0.2, -0.15) is 0 Å². The van der Waals surface area contributed by atoms with Gasteiger partial charge in [-0.05, 0) is 36.4 Å². The Bertz CT molecular complexity index is 638. The first-order valence-electron chi connectivity index (χ1n) is 9.55. The molecule has 0 bridgehead atoms. The van der Waals surface area contributed by atoms with E-state index in [2.05, 4.69) is 5.32 Å². The van der Waals surface area contributed by atoms with Gasteiger partial charge >= 0.3 is 0 Å². The Labute approximate surface area is 166 Å². The molecule has 1 aromatic rings. The molecule has 0 radical (unpaired) electrons. The second kappa shape index (κ2) is 11.0. The normalized spacial score (nSPS) is 18.7. The Morgan fingerprint density at radius 3 is 1.86 bits per heavy atom. The molecule has 8 heteroatoms. The van der Waals surface area contributed by atoms with Gasteiger partial charge in [-0.3, -0.25) is 0 Å². The molecule has 0 spiro atoms. The average molecular weight is 393 g/mol. The van der Waals surface area contributed by atoms with Crippen molar-refractivity contribution >= 4 is 11.4 Å². The molecule has 8 nitrogen and oxygen atoms in total. The van der Waals surface area contributed by atoms with Crippen LogP contribution in [-0.2, 0) is 0 Å². The quantitative estimate of drug-likeness (QED) is 0.267. The molecule has 0 heterocycles. The summed E-state index contributed by atoms with van der Waals surface area (Å²) in [7, 11) is 0. The van der Waals surface area contributed by atoms with Crippen molar-refractivity contribution in [2.75, 3.05) is 62.8 Å². The third-order valence-electron chi connectivity index (χ3n) is 4.65. The Hall–Kier alpha value is -2.10. The molecular weight excluding hydrogens is 360 g/mol. The highest BCUT2D eigenvalue weighted by Crippen LogP contribution is 2.25. The van der Waals surface area contributed by atoms with Gasteiger partial charge in [0.05, 0.1) is 26.4 Å². The zero-order valence-corrected chi connectivity index (χ0v) is 16.2. The minimum atomic E-state index is -0.731. The lowest BCUT2D eigenvalue weighted by Gasteiger charge is -2.33. The molecule has 0 saturated heterocycles. The van der Waals surface area contributed by atoms with E-state index in [0.29, 0.717) is 32.6 Å². The van der Waals surface area contributed by atoms with Gasteiger partial charge in [0.25, 0.3) is 0 Å². The molecule has 0 aromatic heterocycles. The molecule has 1 aliphatic rings. The highest BCUT2D eigenvalue weighted by molar-refractivity contribution is 5.57. The van der Waals surface area contributed by atoms with Crippen molar-refractivity contribution in [1.29, 1.82) is 0 Å². The second-order valence-corrected chi connectivity index (χ2v) is 6.75. The summed E-state index contributed by atoms with van der Waals surface area (Å²) in [6, 6.07) is 7.69. The molecule has 2 rings (SSSR count). The number of aliphatic hydroxyl groups is 4. The molecule has 28 heavy (non-hydrogen) atoms. The standard InChI is InChI=1S/C20H32N4O4/c21-20(7-5-19(6-8-20)24(11-15-27)12-16-28)22-17-1-3-18(4-2-17)23(9-13-25)10-14-26/h1-7,22,25-28H,8-16,21H2. The van der Waals surface area contributed by atoms with Gasteiger partial charge in [-0.15, -0.1) is 0 Å². The molecule has 0 saturated carbocycles. The average Bonchev–Trinajstić information content (AvgIpc) is 2.69. The van der Waals surface area contributed by atoms with Crippen molar-refractivity contribution < 1.29 is 20.4 Å². The maximum Gasteiger partial charge on any atom is 0.109 e. The SMILES string of the molecule is NC1(Nc2ccc(N(CCO)CCO)cc2)C=CC(N(CCO)CCO)=CC1. The van der Waals surface area contributed by atoms with Crippen molar-refractivity contribution in [1.82, 2.24) is 4.90 Å². The summed E-state index contributed by atoms with van der Waals surface area (Å²) < 4.78 is 0. The van der Waals surface area contributed by atoms with Crippen LogP contribution in [0.5, 0.6) is 0 Å². The maximum absolute atomic E-state index is 9.18. The number of rotatable bonds is 12. The van der Waals surface area contributed by atoms with Gasteiger partial charge in [0, 0.05) is 49.7 Å². The first-order chi connectivity index (χ1) is 13.5. The number of hydrogen-bond acceptors (Lipinski definition) is 8. The van der Waals surface area contributed by atoms with E-state index in [0.717, 1.165) is 17.1 Å². The Morgan fingerprint density at radius 1 is 0.857 bits per heavy atom. The second-order valence-electron chi connectivity index (χ2n) is 6.75. The van der Waals surface area contributed by atoms with Crippen LogP contribution >= 0.6 is 0 Å². The Morgan fingerprint density at radius 2 is 1.39 bits per heavy atom. The van der Waals surface area contributed by atoms with Crippen LogP contribution in [0, 0.1) is 0 Å². The molecule has 0 fully saturated rings. The van der Waals surface area contributed by atoms with Gasteiger partial charge in [0.1, 0.15) is 5.66 Å². The van der Waals surface area contributed by atoms with Crippen molar-refractivity contribution in [3.8, 4) is 0 Å². The molecule has 156 valence electrons. The zero-order chi connectivity index (χ0) is 20.4. The van der Waals surface area contributed by atoms with E-state index >= 15 is 0 Å². The number of hydrogen-bond donors (Lipinski definition) is 6. The predicted octanol–water partition coefficient (Wildman–Crippen LogP) is -0.325. The zero-order valence-electron chi connectivity index (χ0n) is 16.2. The van der Waals surface area contributed by atoms with Crippen LogP contribution in [0.4, 0.5) is 11.4 Å². The predicted molar refractivity (Wildman–Crippen MR) is 111 cm³/mol. The maximum atomic E-state index is 9.18. The lowest BCUT2D eigenvalue weighted by atomic mass is 9.99. The molecule has 0 aliphatic heterocycles. The summed E-state index contributed by atoms with van der Waals surface area (Å²) in [5.41, 5.74) is 8.45. The number of nitrogens with one attached hydrogen (secondary N) is 1. The van der Waals surface area contributed by atoms with Crippen molar-refractivity contribution in [2.45, 2.75) is 12.1 Å². The van der Waals surface area contributed by atoms with E-state index in [1.54, 1.807) is 0 Å². The fourth-order valence-corrected chi connectivity index (χ4v) is 3.22. The van der Waals surface area contributed by atoms with Crippen molar-refractivity contribution in [3.05, 3.63) is 48.2 Å². The third kappa shape index (κ3) is 6.22. The number of nitrogens with zero attached hydrogens (tertiary/aromatic N) is 2. The van der Waals surface area contributed by atoms with Crippen LogP contribution in [-0.4, -0.2) is 83.6 Å². The lowest BCUT2D eigenvalue weighted by molar-refractivity contribution is 0.191. The molecule has 1 unspecified atom stereocenters. The fraction of sp³-hybridized carbons (Fsp3) is 0.500. The number of nitrogens with two attached hydrogens (primary N) is 1. The molecular formula is C20H32N4O4. The first-order valence-corrected chi connectivity index (χ1v) is 9.55. The van der Waals surface area contributed by atoms with Crippen LogP contribution in [0.3, 0.4) is 0 Å². The lowest BCUT2D eigenvalue weighted by Crippen LogP contribution is -2.47. The van der Waals surface area contributed by atoms with Crippen LogP contribution in [0.25, 0.3) is 0 Å². The summed E-state index contributed by atoms with van der Waals surface area (Å²) in [5, 5.41) is 40.0. The van der Waals surface area contributed by atoms with Gasteiger partial charge in [0.15, 0.2) is 0 Å². The monoisotopic (exact) mass is 392 g/mol. The van der Waals surface area contributed by atoms with E-state index < -0.39 is 5.66 Å². The molecule has 0 amide bonds. The van der Waals surface area contributed by atoms with E-state index in [9.17, 15) is 10.2 Å². The van der Waals surface area contributed by atoms with Crippen LogP contribution in [0.15, 0.2) is 48.2 Å². The fourth-order valence-electron chi connectivity index (χ4n) is 3.22. The summed E-state index contributed by atoms with van der Waals surface area (Å²) in [6.45, 7) is 1.93. The smallest absolute Gasteiger partial charge is 0.109 e. The Balaban J connectivity index is 2.01. The summed E-state index contributed by atoms with van der Waals surface area (Å²) >= 11 is 0. The van der Waals surface area contributed by atoms with Crippen molar-refractivity contribution in [2.24, 2.45) is 5.73 Å². The third-order valence-corrected chi connectivity index (χ3v) is 4.65. The number of aliphatic hydroxyl groups excluding tert-OH is 4. The summed E-state index contributed by atoms with van der Waals surface area (Å²) in [5.74, 6) is 0. The summed E-state index contributed by atoms with van der Waals surface area (Å²) in [4.78, 5) is 3.83. The highest BCUT2D eigenvalue weighted by Gasteiger charge is 2.24. The van der Waals surface area contributed by atoms with E-state index in [4.69, 9.17) is 15.9 Å². The van der Waals surface area contributed by atoms with Gasteiger partial charge in [0.2, 0.25) is 0 Å². The molecule has 1 aromatic carbocycles. The van der Waals surface area contributed by atoms with E-state index in [-0.39, 0.29) is 26.4 Å². The van der Waals surface area contributed by atoms with E-state index in [1.165, 1.54) is 0 Å². The van der Waals surface area contributed by atoms with Gasteiger partial charge < -0.3 is 41.3 Å². The minimum Gasteiger partial charge on any atom is -0.395 e. The first kappa shape index (κ1) is 22.2.